The van der Waals surface area contributed by atoms with E-state index in [4.69, 9.17) is 0 Å². The lowest BCUT2D eigenvalue weighted by Gasteiger charge is -2.44. The summed E-state index contributed by atoms with van der Waals surface area (Å²) in [5.41, 5.74) is 1.91. The highest BCUT2D eigenvalue weighted by Gasteiger charge is 2.50. The fourth-order valence-electron chi connectivity index (χ4n) is 4.82. The fourth-order valence-corrected chi connectivity index (χ4v) is 4.82. The Labute approximate surface area is 159 Å². The first-order chi connectivity index (χ1) is 13.0. The van der Waals surface area contributed by atoms with Crippen LogP contribution in [0, 0.1) is 5.92 Å². The monoisotopic (exact) mass is 366 g/mol. The maximum Gasteiger partial charge on any atom is 0.219 e. The smallest absolute Gasteiger partial charge is 0.219 e. The fraction of sp³-hybridized carbons (Fsp3) is 0.476. The highest BCUT2D eigenvalue weighted by Crippen LogP contribution is 2.36. The maximum absolute atomic E-state index is 11.9. The molecule has 3 heterocycles. The van der Waals surface area contributed by atoms with Gasteiger partial charge in [0.1, 0.15) is 0 Å². The average Bonchev–Trinajstić information content (AvgIpc) is 2.97. The molecule has 0 spiro atoms. The predicted molar refractivity (Wildman–Crippen MR) is 104 cm³/mol. The number of piperidine rings is 1. The first-order valence-electron chi connectivity index (χ1n) is 9.56. The second-order valence-corrected chi connectivity index (χ2v) is 7.92. The maximum atomic E-state index is 11.9. The third-order valence-electron chi connectivity index (χ3n) is 5.99. The van der Waals surface area contributed by atoms with E-state index < -0.39 is 0 Å². The average molecular weight is 366 g/mol. The van der Waals surface area contributed by atoms with Crippen LogP contribution in [0.3, 0.4) is 0 Å². The van der Waals surface area contributed by atoms with Crippen molar-refractivity contribution in [3.8, 4) is 0 Å². The zero-order valence-corrected chi connectivity index (χ0v) is 15.9. The lowest BCUT2D eigenvalue weighted by atomic mass is 9.81. The lowest BCUT2D eigenvalue weighted by molar-refractivity contribution is -0.133. The zero-order valence-electron chi connectivity index (χ0n) is 15.9. The molecule has 27 heavy (non-hydrogen) atoms. The summed E-state index contributed by atoms with van der Waals surface area (Å²) in [5, 5.41) is 4.38. The summed E-state index contributed by atoms with van der Waals surface area (Å²) in [6.07, 6.45) is 2.74. The van der Waals surface area contributed by atoms with E-state index in [9.17, 15) is 9.59 Å². The molecule has 0 unspecified atom stereocenters. The molecule has 4 rings (SSSR count). The molecule has 1 aromatic heterocycles. The van der Waals surface area contributed by atoms with Gasteiger partial charge in [0.25, 0.3) is 0 Å². The van der Waals surface area contributed by atoms with Crippen molar-refractivity contribution in [1.29, 1.82) is 0 Å². The number of fused-ring (bicyclic) bond motifs is 2. The van der Waals surface area contributed by atoms with Gasteiger partial charge in [-0.25, -0.2) is 0 Å². The summed E-state index contributed by atoms with van der Waals surface area (Å²) in [6.45, 7) is 7.06. The number of rotatable bonds is 3. The number of carbonyl (C=O) groups is 2. The van der Waals surface area contributed by atoms with E-state index >= 15 is 0 Å². The molecule has 2 atom stereocenters. The Hall–Kier alpha value is -2.47. The molecule has 142 valence electrons. The van der Waals surface area contributed by atoms with Crippen LogP contribution in [-0.2, 0) is 16.1 Å². The zero-order chi connectivity index (χ0) is 19.0. The van der Waals surface area contributed by atoms with Gasteiger partial charge in [-0.15, -0.1) is 0 Å². The molecule has 2 aliphatic rings. The minimum absolute atomic E-state index is 0.0263. The summed E-state index contributed by atoms with van der Waals surface area (Å²) in [4.78, 5) is 32.6. The van der Waals surface area contributed by atoms with Crippen LogP contribution < -0.4 is 5.32 Å². The number of amides is 2. The molecule has 0 bridgehead atoms. The van der Waals surface area contributed by atoms with Crippen molar-refractivity contribution < 1.29 is 9.59 Å². The topological polar surface area (TPSA) is 65.5 Å². The quantitative estimate of drug-likeness (QED) is 0.900. The molecule has 0 saturated carbocycles. The van der Waals surface area contributed by atoms with Crippen LogP contribution in [0.4, 0.5) is 0 Å². The van der Waals surface area contributed by atoms with Crippen LogP contribution in [0.15, 0.2) is 36.5 Å². The summed E-state index contributed by atoms with van der Waals surface area (Å²) >= 11 is 0. The van der Waals surface area contributed by atoms with Crippen LogP contribution >= 0.6 is 0 Å². The molecule has 6 nitrogen and oxygen atoms in total. The van der Waals surface area contributed by atoms with Gasteiger partial charge in [-0.2, -0.15) is 0 Å². The third-order valence-corrected chi connectivity index (χ3v) is 5.99. The SMILES string of the molecule is CC(=O)N[C@]12CN(Cc3cccc4ncccc34)C[C@H]1CCN(C(C)=O)C2. The number of benzene rings is 1. The van der Waals surface area contributed by atoms with Crippen LogP contribution in [0.5, 0.6) is 0 Å². The molecule has 2 aliphatic heterocycles. The van der Waals surface area contributed by atoms with Gasteiger partial charge in [0.15, 0.2) is 0 Å². The second-order valence-electron chi connectivity index (χ2n) is 7.92. The van der Waals surface area contributed by atoms with E-state index in [0.29, 0.717) is 12.5 Å². The van der Waals surface area contributed by atoms with Gasteiger partial charge in [0.2, 0.25) is 11.8 Å². The Morgan fingerprint density at radius 3 is 2.85 bits per heavy atom. The molecule has 0 radical (unpaired) electrons. The van der Waals surface area contributed by atoms with Crippen LogP contribution in [-0.4, -0.2) is 58.3 Å². The highest BCUT2D eigenvalue weighted by molar-refractivity contribution is 5.82. The largest absolute Gasteiger partial charge is 0.347 e. The van der Waals surface area contributed by atoms with E-state index in [-0.39, 0.29) is 17.4 Å². The number of hydrogen-bond acceptors (Lipinski definition) is 4. The number of nitrogens with one attached hydrogen (secondary N) is 1. The van der Waals surface area contributed by atoms with Gasteiger partial charge < -0.3 is 10.2 Å². The minimum atomic E-state index is -0.349. The standard InChI is InChI=1S/C21H26N4O2/c1-15(26)23-21-13-24(12-18(21)8-10-25(14-21)16(2)27)11-17-5-3-7-20-19(17)6-4-9-22-20/h3-7,9,18H,8,10-14H2,1-2H3,(H,23,26)/t18-,21+/m1/s1. The van der Waals surface area contributed by atoms with Crippen LogP contribution in [0.1, 0.15) is 25.8 Å². The highest BCUT2D eigenvalue weighted by atomic mass is 16.2. The molecule has 2 fully saturated rings. The van der Waals surface area contributed by atoms with Crippen molar-refractivity contribution in [2.45, 2.75) is 32.4 Å². The summed E-state index contributed by atoms with van der Waals surface area (Å²) in [6, 6.07) is 10.3. The van der Waals surface area contributed by atoms with Crippen molar-refractivity contribution in [1.82, 2.24) is 20.1 Å². The van der Waals surface area contributed by atoms with Gasteiger partial charge in [-0.3, -0.25) is 19.5 Å². The number of aromatic nitrogens is 1. The van der Waals surface area contributed by atoms with Gasteiger partial charge >= 0.3 is 0 Å². The molecular formula is C21H26N4O2. The molecule has 1 N–H and O–H groups in total. The van der Waals surface area contributed by atoms with E-state index in [1.807, 2.05) is 23.2 Å². The molecule has 2 amide bonds. The molecule has 6 heteroatoms. The van der Waals surface area contributed by atoms with Gasteiger partial charge in [0, 0.05) is 58.2 Å². The van der Waals surface area contributed by atoms with E-state index in [0.717, 1.165) is 38.1 Å². The Morgan fingerprint density at radius 1 is 1.22 bits per heavy atom. The lowest BCUT2D eigenvalue weighted by Crippen LogP contribution is -2.64. The van der Waals surface area contributed by atoms with Crippen LogP contribution in [0.25, 0.3) is 10.9 Å². The van der Waals surface area contributed by atoms with Crippen LogP contribution in [0.2, 0.25) is 0 Å². The molecule has 2 saturated heterocycles. The van der Waals surface area contributed by atoms with E-state index in [2.05, 4.69) is 33.4 Å². The number of hydrogen-bond donors (Lipinski definition) is 1. The normalized spacial score (nSPS) is 25.4. The predicted octanol–water partition coefficient (Wildman–Crippen LogP) is 1.79. The van der Waals surface area contributed by atoms with E-state index in [1.54, 1.807) is 13.8 Å². The van der Waals surface area contributed by atoms with E-state index in [1.165, 1.54) is 10.9 Å². The summed E-state index contributed by atoms with van der Waals surface area (Å²) in [7, 11) is 0. The summed E-state index contributed by atoms with van der Waals surface area (Å²) < 4.78 is 0. The first kappa shape index (κ1) is 17.9. The Balaban J connectivity index is 1.59. The Morgan fingerprint density at radius 2 is 2.07 bits per heavy atom. The van der Waals surface area contributed by atoms with Crippen molar-refractivity contribution in [2.24, 2.45) is 5.92 Å². The minimum Gasteiger partial charge on any atom is -0.347 e. The molecule has 2 aromatic rings. The molecule has 1 aromatic carbocycles. The van der Waals surface area contributed by atoms with Crippen molar-refractivity contribution in [2.75, 3.05) is 26.2 Å². The van der Waals surface area contributed by atoms with Gasteiger partial charge in [0.05, 0.1) is 11.1 Å². The Kier molecular flexibility index (Phi) is 4.60. The number of nitrogens with zero attached hydrogens (tertiary/aromatic N) is 3. The second kappa shape index (κ2) is 6.93. The van der Waals surface area contributed by atoms with Crippen molar-refractivity contribution in [3.05, 3.63) is 42.1 Å². The number of pyridine rings is 1. The molecule has 0 aliphatic carbocycles. The number of carbonyl (C=O) groups excluding carboxylic acids is 2. The van der Waals surface area contributed by atoms with Crippen molar-refractivity contribution >= 4 is 22.7 Å². The Bertz CT molecular complexity index is 878. The number of likely N-dealkylation sites (tertiary alicyclic amines) is 2. The van der Waals surface area contributed by atoms with Gasteiger partial charge in [-0.05, 0) is 30.0 Å². The summed E-state index contributed by atoms with van der Waals surface area (Å²) in [5.74, 6) is 0.420. The van der Waals surface area contributed by atoms with Crippen molar-refractivity contribution in [3.63, 3.8) is 0 Å². The first-order valence-corrected chi connectivity index (χ1v) is 9.56. The molecular weight excluding hydrogens is 340 g/mol. The third kappa shape index (κ3) is 3.41. The van der Waals surface area contributed by atoms with Gasteiger partial charge in [-0.1, -0.05) is 18.2 Å².